The van der Waals surface area contributed by atoms with Crippen molar-refractivity contribution in [3.05, 3.63) is 35.9 Å². The maximum atomic E-state index is 10.3. The summed E-state index contributed by atoms with van der Waals surface area (Å²) >= 11 is 0. The Morgan fingerprint density at radius 1 is 1.18 bits per heavy atom. The molecule has 1 aromatic rings. The molecule has 1 rings (SSSR count). The lowest BCUT2D eigenvalue weighted by Crippen LogP contribution is -2.32. The van der Waals surface area contributed by atoms with Crippen molar-refractivity contribution in [2.75, 3.05) is 13.2 Å². The number of rotatable bonds is 7. The van der Waals surface area contributed by atoms with Crippen LogP contribution in [0.15, 0.2) is 30.3 Å². The van der Waals surface area contributed by atoms with Crippen LogP contribution in [0.25, 0.3) is 0 Å². The summed E-state index contributed by atoms with van der Waals surface area (Å²) in [5, 5.41) is 19.8. The van der Waals surface area contributed by atoms with E-state index in [-0.39, 0.29) is 12.5 Å². The molecule has 3 atom stereocenters. The second-order valence-electron chi connectivity index (χ2n) is 6.78. The number of hydrogen-bond acceptors (Lipinski definition) is 3. The Morgan fingerprint density at radius 3 is 2.36 bits per heavy atom. The van der Waals surface area contributed by atoms with E-state index in [1.807, 2.05) is 37.3 Å². The first-order valence-electron chi connectivity index (χ1n) is 7.77. The molecule has 0 fully saturated rings. The van der Waals surface area contributed by atoms with Crippen LogP contribution in [0.1, 0.15) is 12.5 Å². The average molecular weight is 321 g/mol. The zero-order valence-electron chi connectivity index (χ0n) is 14.0. The average Bonchev–Trinajstić information content (AvgIpc) is 2.47. The van der Waals surface area contributed by atoms with E-state index in [2.05, 4.69) is 31.1 Å². The first kappa shape index (κ1) is 18.9. The molecule has 4 heteroatoms. The minimum atomic E-state index is -1.50. The second kappa shape index (κ2) is 9.11. The summed E-state index contributed by atoms with van der Waals surface area (Å²) in [4.78, 5) is 0. The van der Waals surface area contributed by atoms with E-state index >= 15 is 0 Å². The summed E-state index contributed by atoms with van der Waals surface area (Å²) in [6.45, 7) is 9.22. The highest BCUT2D eigenvalue weighted by atomic mass is 28.3. The minimum absolute atomic E-state index is 0.0724. The van der Waals surface area contributed by atoms with Gasteiger partial charge in [-0.05, 0) is 5.56 Å². The second-order valence-corrected chi connectivity index (χ2v) is 11.5. The fourth-order valence-corrected chi connectivity index (χ4v) is 2.60. The van der Waals surface area contributed by atoms with Crippen molar-refractivity contribution >= 4 is 8.07 Å². The lowest BCUT2D eigenvalue weighted by Gasteiger charge is -2.23. The molecular formula is C18H28O3Si. The largest absolute Gasteiger partial charge is 0.395 e. The summed E-state index contributed by atoms with van der Waals surface area (Å²) in [5.74, 6) is 2.58. The van der Waals surface area contributed by atoms with Crippen molar-refractivity contribution in [1.82, 2.24) is 0 Å². The van der Waals surface area contributed by atoms with Crippen LogP contribution < -0.4 is 0 Å². The molecule has 0 saturated heterocycles. The normalized spacial score (nSPS) is 15.5. The third kappa shape index (κ3) is 7.23. The molecular weight excluding hydrogens is 292 g/mol. The smallest absolute Gasteiger partial charge is 0.129 e. The zero-order chi connectivity index (χ0) is 16.6. The summed E-state index contributed by atoms with van der Waals surface area (Å²) < 4.78 is 5.66. The van der Waals surface area contributed by atoms with E-state index < -0.39 is 20.1 Å². The van der Waals surface area contributed by atoms with Gasteiger partial charge in [0, 0.05) is 5.92 Å². The molecule has 0 spiro atoms. The Morgan fingerprint density at radius 2 is 1.82 bits per heavy atom. The Kier molecular flexibility index (Phi) is 7.84. The Bertz CT molecular complexity index is 485. The van der Waals surface area contributed by atoms with E-state index in [1.165, 1.54) is 0 Å². The SMILES string of the molecule is C[C@@H](COCc1ccccc1)[C@@H](O)[C@H](C#C[Si](C)(C)C)CO. The van der Waals surface area contributed by atoms with Gasteiger partial charge >= 0.3 is 0 Å². The Balaban J connectivity index is 2.48. The number of benzene rings is 1. The topological polar surface area (TPSA) is 49.7 Å². The van der Waals surface area contributed by atoms with E-state index in [0.717, 1.165) is 5.56 Å². The molecule has 1 aromatic carbocycles. The lowest BCUT2D eigenvalue weighted by molar-refractivity contribution is 0.000859. The summed E-state index contributed by atoms with van der Waals surface area (Å²) in [6.07, 6.45) is -0.676. The number of aliphatic hydroxyl groups is 2. The molecule has 0 radical (unpaired) electrons. The van der Waals surface area contributed by atoms with Crippen molar-refractivity contribution in [2.45, 2.75) is 39.3 Å². The molecule has 0 unspecified atom stereocenters. The van der Waals surface area contributed by atoms with Gasteiger partial charge in [-0.2, -0.15) is 0 Å². The number of aliphatic hydroxyl groups excluding tert-OH is 2. The number of ether oxygens (including phenoxy) is 1. The van der Waals surface area contributed by atoms with Gasteiger partial charge < -0.3 is 14.9 Å². The van der Waals surface area contributed by atoms with Gasteiger partial charge in [0.15, 0.2) is 0 Å². The fraction of sp³-hybridized carbons (Fsp3) is 0.556. The predicted molar refractivity (Wildman–Crippen MR) is 93.0 cm³/mol. The van der Waals surface area contributed by atoms with Crippen LogP contribution in [-0.2, 0) is 11.3 Å². The van der Waals surface area contributed by atoms with Crippen molar-refractivity contribution in [3.8, 4) is 11.5 Å². The zero-order valence-corrected chi connectivity index (χ0v) is 15.0. The van der Waals surface area contributed by atoms with E-state index in [1.54, 1.807) is 0 Å². The third-order valence-corrected chi connectivity index (χ3v) is 4.21. The third-order valence-electron chi connectivity index (χ3n) is 3.32. The first-order chi connectivity index (χ1) is 10.3. The molecule has 0 aliphatic rings. The van der Waals surface area contributed by atoms with E-state index in [9.17, 15) is 10.2 Å². The van der Waals surface area contributed by atoms with Gasteiger partial charge in [0.2, 0.25) is 0 Å². The standard InChI is InChI=1S/C18H28O3Si/c1-15(13-21-14-16-8-6-5-7-9-16)18(20)17(12-19)10-11-22(2,3)4/h5-9,15,17-20H,12-14H2,1-4H3/t15-,17+,18+/m0/s1. The first-order valence-corrected chi connectivity index (χ1v) is 11.3. The molecule has 0 heterocycles. The van der Waals surface area contributed by atoms with Crippen LogP contribution >= 0.6 is 0 Å². The molecule has 0 aliphatic carbocycles. The Hall–Kier alpha value is -1.12. The minimum Gasteiger partial charge on any atom is -0.395 e. The summed E-state index contributed by atoms with van der Waals surface area (Å²) in [7, 11) is -1.50. The molecule has 0 aromatic heterocycles. The van der Waals surface area contributed by atoms with Crippen molar-refractivity contribution in [3.63, 3.8) is 0 Å². The highest BCUT2D eigenvalue weighted by Gasteiger charge is 2.23. The van der Waals surface area contributed by atoms with Gasteiger partial charge in [0.05, 0.1) is 31.8 Å². The molecule has 122 valence electrons. The predicted octanol–water partition coefficient (Wildman–Crippen LogP) is 2.69. The fourth-order valence-electron chi connectivity index (χ4n) is 1.98. The quantitative estimate of drug-likeness (QED) is 0.600. The molecule has 0 aliphatic heterocycles. The molecule has 0 saturated carbocycles. The van der Waals surface area contributed by atoms with Crippen LogP contribution in [0.5, 0.6) is 0 Å². The molecule has 3 nitrogen and oxygen atoms in total. The Labute approximate surface area is 135 Å². The molecule has 0 amide bonds. The van der Waals surface area contributed by atoms with Gasteiger partial charge in [-0.15, -0.1) is 11.5 Å². The van der Waals surface area contributed by atoms with Gasteiger partial charge in [0.25, 0.3) is 0 Å². The highest BCUT2D eigenvalue weighted by molar-refractivity contribution is 6.83. The number of hydrogen-bond donors (Lipinski definition) is 2. The van der Waals surface area contributed by atoms with E-state index in [4.69, 9.17) is 4.74 Å². The van der Waals surface area contributed by atoms with Crippen LogP contribution in [-0.4, -0.2) is 37.6 Å². The van der Waals surface area contributed by atoms with Gasteiger partial charge in [-0.25, -0.2) is 0 Å². The van der Waals surface area contributed by atoms with Gasteiger partial charge in [0.1, 0.15) is 8.07 Å². The molecule has 2 N–H and O–H groups in total. The van der Waals surface area contributed by atoms with Crippen molar-refractivity contribution in [2.24, 2.45) is 11.8 Å². The van der Waals surface area contributed by atoms with Crippen LogP contribution in [0.4, 0.5) is 0 Å². The van der Waals surface area contributed by atoms with Crippen molar-refractivity contribution in [1.29, 1.82) is 0 Å². The summed E-state index contributed by atoms with van der Waals surface area (Å²) in [6, 6.07) is 9.95. The lowest BCUT2D eigenvalue weighted by atomic mass is 9.94. The summed E-state index contributed by atoms with van der Waals surface area (Å²) in [5.41, 5.74) is 4.33. The van der Waals surface area contributed by atoms with Crippen LogP contribution in [0, 0.1) is 23.3 Å². The molecule has 0 bridgehead atoms. The van der Waals surface area contributed by atoms with Crippen molar-refractivity contribution < 1.29 is 14.9 Å². The van der Waals surface area contributed by atoms with Crippen LogP contribution in [0.3, 0.4) is 0 Å². The van der Waals surface area contributed by atoms with Crippen LogP contribution in [0.2, 0.25) is 19.6 Å². The monoisotopic (exact) mass is 320 g/mol. The maximum absolute atomic E-state index is 10.3. The van der Waals surface area contributed by atoms with Gasteiger partial charge in [-0.1, -0.05) is 56.9 Å². The highest BCUT2D eigenvalue weighted by Crippen LogP contribution is 2.14. The molecule has 22 heavy (non-hydrogen) atoms. The maximum Gasteiger partial charge on any atom is 0.129 e. The van der Waals surface area contributed by atoms with E-state index in [0.29, 0.717) is 13.2 Å². The van der Waals surface area contributed by atoms with Gasteiger partial charge in [-0.3, -0.25) is 0 Å².